The van der Waals surface area contributed by atoms with Gasteiger partial charge in [0.15, 0.2) is 0 Å². The van der Waals surface area contributed by atoms with Crippen LogP contribution in [0, 0.1) is 0 Å². The van der Waals surface area contributed by atoms with Gasteiger partial charge in [0, 0.05) is 11.6 Å². The Kier molecular flexibility index (Phi) is 6.28. The number of ether oxygens (including phenoxy) is 1. The minimum absolute atomic E-state index is 0. The van der Waals surface area contributed by atoms with Gasteiger partial charge in [0.2, 0.25) is 0 Å². The Morgan fingerprint density at radius 2 is 1.93 bits per heavy atom. The van der Waals surface area contributed by atoms with E-state index >= 15 is 0 Å². The van der Waals surface area contributed by atoms with Crippen LogP contribution >= 0.6 is 24.0 Å². The van der Waals surface area contributed by atoms with Gasteiger partial charge < -0.3 is 10.5 Å². The van der Waals surface area contributed by atoms with Crippen molar-refractivity contribution in [2.24, 2.45) is 5.73 Å². The van der Waals surface area contributed by atoms with Gasteiger partial charge >= 0.3 is 5.97 Å². The molecule has 0 atom stereocenters. The summed E-state index contributed by atoms with van der Waals surface area (Å²) in [6.07, 6.45) is 0. The van der Waals surface area contributed by atoms with E-state index in [2.05, 4.69) is 0 Å². The molecule has 0 bridgehead atoms. The van der Waals surface area contributed by atoms with E-state index in [-0.39, 0.29) is 25.0 Å². The zero-order valence-electron chi connectivity index (χ0n) is 7.40. The van der Waals surface area contributed by atoms with Gasteiger partial charge in [0.1, 0.15) is 6.61 Å². The summed E-state index contributed by atoms with van der Waals surface area (Å²) in [4.78, 5) is 11.2. The molecule has 0 saturated carbocycles. The van der Waals surface area contributed by atoms with Crippen LogP contribution in [0.2, 0.25) is 5.02 Å². The van der Waals surface area contributed by atoms with Crippen LogP contribution in [0.4, 0.5) is 0 Å². The number of carbonyl (C=O) groups is 1. The number of esters is 1. The molecule has 0 unspecified atom stereocenters. The highest BCUT2D eigenvalue weighted by Gasteiger charge is 2.04. The molecule has 2 N–H and O–H groups in total. The van der Waals surface area contributed by atoms with Crippen LogP contribution in [0.1, 0.15) is 10.4 Å². The molecule has 0 amide bonds. The van der Waals surface area contributed by atoms with Gasteiger partial charge in [-0.15, -0.1) is 12.4 Å². The third-order valence-corrected chi connectivity index (χ3v) is 1.68. The van der Waals surface area contributed by atoms with Crippen LogP contribution in [0.5, 0.6) is 0 Å². The number of carbonyl (C=O) groups excluding carboxylic acids is 1. The lowest BCUT2D eigenvalue weighted by Crippen LogP contribution is -2.13. The summed E-state index contributed by atoms with van der Waals surface area (Å²) in [6.45, 7) is 0.570. The van der Waals surface area contributed by atoms with Crippen molar-refractivity contribution in [1.29, 1.82) is 0 Å². The molecule has 78 valence electrons. The largest absolute Gasteiger partial charge is 0.461 e. The fourth-order valence-corrected chi connectivity index (χ4v) is 0.947. The van der Waals surface area contributed by atoms with Crippen molar-refractivity contribution in [2.45, 2.75) is 0 Å². The summed E-state index contributed by atoms with van der Waals surface area (Å²) in [6, 6.07) is 6.50. The molecule has 0 aliphatic rings. The van der Waals surface area contributed by atoms with E-state index in [1.165, 1.54) is 0 Å². The molecule has 0 radical (unpaired) electrons. The molecular formula is C9H11Cl2NO2. The maximum Gasteiger partial charge on any atom is 0.338 e. The van der Waals surface area contributed by atoms with E-state index in [4.69, 9.17) is 22.1 Å². The van der Waals surface area contributed by atoms with Gasteiger partial charge in [-0.2, -0.15) is 0 Å². The van der Waals surface area contributed by atoms with Gasteiger partial charge in [0.05, 0.1) is 5.56 Å². The van der Waals surface area contributed by atoms with Crippen LogP contribution in [0.15, 0.2) is 24.3 Å². The van der Waals surface area contributed by atoms with Gasteiger partial charge in [-0.1, -0.05) is 11.6 Å². The monoisotopic (exact) mass is 235 g/mol. The predicted molar refractivity (Wildman–Crippen MR) is 58.0 cm³/mol. The highest BCUT2D eigenvalue weighted by molar-refractivity contribution is 6.30. The number of halogens is 2. The minimum atomic E-state index is -0.373. The van der Waals surface area contributed by atoms with Gasteiger partial charge in [-0.25, -0.2) is 4.79 Å². The maximum absolute atomic E-state index is 11.2. The Morgan fingerprint density at radius 3 is 2.43 bits per heavy atom. The van der Waals surface area contributed by atoms with E-state index in [9.17, 15) is 4.79 Å². The zero-order chi connectivity index (χ0) is 9.68. The second-order valence-electron chi connectivity index (χ2n) is 2.43. The van der Waals surface area contributed by atoms with Crippen molar-refractivity contribution >= 4 is 30.0 Å². The first-order chi connectivity index (χ1) is 6.24. The van der Waals surface area contributed by atoms with Gasteiger partial charge in [0.25, 0.3) is 0 Å². The number of rotatable bonds is 3. The lowest BCUT2D eigenvalue weighted by atomic mass is 10.2. The normalized spacial score (nSPS) is 9.00. The summed E-state index contributed by atoms with van der Waals surface area (Å²) in [5, 5.41) is 0.593. The Bertz CT molecular complexity index is 287. The maximum atomic E-state index is 11.2. The van der Waals surface area contributed by atoms with Crippen molar-refractivity contribution in [3.05, 3.63) is 34.9 Å². The third kappa shape index (κ3) is 3.96. The molecular weight excluding hydrogens is 225 g/mol. The zero-order valence-corrected chi connectivity index (χ0v) is 8.98. The average Bonchev–Trinajstić information content (AvgIpc) is 2.15. The minimum Gasteiger partial charge on any atom is -0.461 e. The Hall–Kier alpha value is -0.770. The second-order valence-corrected chi connectivity index (χ2v) is 2.87. The summed E-state index contributed by atoms with van der Waals surface area (Å²) in [5.74, 6) is -0.373. The van der Waals surface area contributed by atoms with E-state index in [0.29, 0.717) is 17.1 Å². The average molecular weight is 236 g/mol. The van der Waals surface area contributed by atoms with Crippen LogP contribution in [-0.2, 0) is 4.74 Å². The summed E-state index contributed by atoms with van der Waals surface area (Å²) >= 11 is 5.65. The van der Waals surface area contributed by atoms with Gasteiger partial charge in [-0.3, -0.25) is 0 Å². The molecule has 0 aliphatic heterocycles. The lowest BCUT2D eigenvalue weighted by Gasteiger charge is -2.02. The fraction of sp³-hybridized carbons (Fsp3) is 0.222. The summed E-state index contributed by atoms with van der Waals surface area (Å²) in [7, 11) is 0. The standard InChI is InChI=1S/C9H10ClNO2.ClH/c10-8-3-1-7(2-4-8)9(12)13-6-5-11;/h1-4H,5-6,11H2;1H. The van der Waals surface area contributed by atoms with Crippen LogP contribution in [0.25, 0.3) is 0 Å². The number of benzene rings is 1. The second kappa shape index (κ2) is 6.65. The van der Waals surface area contributed by atoms with Crippen molar-refractivity contribution in [3.63, 3.8) is 0 Å². The smallest absolute Gasteiger partial charge is 0.338 e. The predicted octanol–water partition coefficient (Wildman–Crippen LogP) is 1.88. The fourth-order valence-electron chi connectivity index (χ4n) is 0.821. The van der Waals surface area contributed by atoms with Crippen molar-refractivity contribution in [2.75, 3.05) is 13.2 Å². The number of hydrogen-bond acceptors (Lipinski definition) is 3. The Morgan fingerprint density at radius 1 is 1.36 bits per heavy atom. The molecule has 0 aliphatic carbocycles. The van der Waals surface area contributed by atoms with Crippen LogP contribution < -0.4 is 5.73 Å². The van der Waals surface area contributed by atoms with E-state index in [1.54, 1.807) is 24.3 Å². The van der Waals surface area contributed by atoms with Crippen LogP contribution in [-0.4, -0.2) is 19.1 Å². The molecule has 0 fully saturated rings. The molecule has 1 aromatic carbocycles. The SMILES string of the molecule is Cl.NCCOC(=O)c1ccc(Cl)cc1. The highest BCUT2D eigenvalue weighted by atomic mass is 35.5. The first kappa shape index (κ1) is 13.2. The van der Waals surface area contributed by atoms with Crippen molar-refractivity contribution in [1.82, 2.24) is 0 Å². The molecule has 5 heteroatoms. The molecule has 0 aromatic heterocycles. The molecule has 1 aromatic rings. The Balaban J connectivity index is 0.00000169. The van der Waals surface area contributed by atoms with Crippen LogP contribution in [0.3, 0.4) is 0 Å². The first-order valence-electron chi connectivity index (χ1n) is 3.87. The topological polar surface area (TPSA) is 52.3 Å². The Labute approximate surface area is 93.6 Å². The van der Waals surface area contributed by atoms with E-state index in [0.717, 1.165) is 0 Å². The molecule has 1 rings (SSSR count). The summed E-state index contributed by atoms with van der Waals surface area (Å²) < 4.78 is 4.81. The van der Waals surface area contributed by atoms with Crippen molar-refractivity contribution < 1.29 is 9.53 Å². The number of hydrogen-bond donors (Lipinski definition) is 1. The van der Waals surface area contributed by atoms with Gasteiger partial charge in [-0.05, 0) is 24.3 Å². The first-order valence-corrected chi connectivity index (χ1v) is 4.24. The molecule has 0 spiro atoms. The summed E-state index contributed by atoms with van der Waals surface area (Å²) in [5.41, 5.74) is 5.66. The van der Waals surface area contributed by atoms with E-state index in [1.807, 2.05) is 0 Å². The quantitative estimate of drug-likeness (QED) is 0.815. The molecule has 0 heterocycles. The lowest BCUT2D eigenvalue weighted by molar-refractivity contribution is 0.0517. The van der Waals surface area contributed by atoms with Crippen molar-refractivity contribution in [3.8, 4) is 0 Å². The van der Waals surface area contributed by atoms with E-state index < -0.39 is 0 Å². The molecule has 14 heavy (non-hydrogen) atoms. The molecule has 3 nitrogen and oxygen atoms in total. The third-order valence-electron chi connectivity index (χ3n) is 1.43. The number of nitrogens with two attached hydrogens (primary N) is 1. The highest BCUT2D eigenvalue weighted by Crippen LogP contribution is 2.10. The molecule has 0 saturated heterocycles.